The lowest BCUT2D eigenvalue weighted by atomic mass is 10.2. The van der Waals surface area contributed by atoms with Crippen LogP contribution in [0.4, 0.5) is 0 Å². The maximum Gasteiger partial charge on any atom is 0.277 e. The molecule has 0 aliphatic carbocycles. The van der Waals surface area contributed by atoms with E-state index in [1.165, 1.54) is 0 Å². The fourth-order valence-corrected chi connectivity index (χ4v) is 3.45. The van der Waals surface area contributed by atoms with E-state index in [-0.39, 0.29) is 17.2 Å². The maximum atomic E-state index is 13.1. The van der Waals surface area contributed by atoms with E-state index in [1.807, 2.05) is 36.4 Å². The lowest BCUT2D eigenvalue weighted by Gasteiger charge is -2.13. The minimum absolute atomic E-state index is 0.140. The first kappa shape index (κ1) is 18.9. The minimum Gasteiger partial charge on any atom is -0.350 e. The van der Waals surface area contributed by atoms with Gasteiger partial charge in [-0.1, -0.05) is 32.0 Å². The largest absolute Gasteiger partial charge is 0.350 e. The number of rotatable bonds is 6. The average Bonchev–Trinajstić information content (AvgIpc) is 3.18. The van der Waals surface area contributed by atoms with E-state index in [0.29, 0.717) is 30.9 Å². The zero-order valence-corrected chi connectivity index (χ0v) is 16.5. The van der Waals surface area contributed by atoms with E-state index in [9.17, 15) is 9.59 Å². The fourth-order valence-electron chi connectivity index (χ4n) is 3.45. The summed E-state index contributed by atoms with van der Waals surface area (Å²) in [7, 11) is 0. The van der Waals surface area contributed by atoms with E-state index >= 15 is 0 Å². The number of carbonyl (C=O) groups excluding carboxylic acids is 1. The second-order valence-corrected chi connectivity index (χ2v) is 7.49. The van der Waals surface area contributed by atoms with Crippen molar-refractivity contribution in [2.24, 2.45) is 5.92 Å². The van der Waals surface area contributed by atoms with Crippen LogP contribution in [0.1, 0.15) is 29.9 Å². The van der Waals surface area contributed by atoms with Crippen molar-refractivity contribution in [1.29, 1.82) is 0 Å². The van der Waals surface area contributed by atoms with E-state index in [2.05, 4.69) is 29.2 Å². The summed E-state index contributed by atoms with van der Waals surface area (Å²) < 4.78 is 3.34. The van der Waals surface area contributed by atoms with Gasteiger partial charge in [0.1, 0.15) is 5.52 Å². The van der Waals surface area contributed by atoms with Crippen molar-refractivity contribution >= 4 is 22.5 Å². The molecular formula is C22H23N5O2. The van der Waals surface area contributed by atoms with Gasteiger partial charge in [0.2, 0.25) is 0 Å². The Balaban J connectivity index is 1.66. The molecule has 0 atom stereocenters. The maximum absolute atomic E-state index is 13.1. The van der Waals surface area contributed by atoms with Gasteiger partial charge in [-0.2, -0.15) is 5.10 Å². The summed E-state index contributed by atoms with van der Waals surface area (Å²) in [4.78, 5) is 29.8. The molecule has 0 saturated carbocycles. The standard InChI is InChI=1S/C22H23N5O2/c1-15(2)14-26-18-7-3-4-8-19(18)27-20(22(26)29)12-17(25-27)21(28)24-11-9-16-6-5-10-23-13-16/h3-8,10,12-13,15H,9,11,14H2,1-2H3,(H,24,28). The third kappa shape index (κ3) is 3.76. The smallest absolute Gasteiger partial charge is 0.277 e. The number of hydrogen-bond donors (Lipinski definition) is 1. The van der Waals surface area contributed by atoms with Gasteiger partial charge in [-0.25, -0.2) is 4.52 Å². The molecule has 148 valence electrons. The van der Waals surface area contributed by atoms with Crippen LogP contribution < -0.4 is 10.9 Å². The molecule has 4 rings (SSSR count). The molecule has 7 nitrogen and oxygen atoms in total. The molecule has 7 heteroatoms. The molecule has 0 saturated heterocycles. The van der Waals surface area contributed by atoms with Crippen LogP contribution in [0.3, 0.4) is 0 Å². The molecule has 0 aliphatic heterocycles. The lowest BCUT2D eigenvalue weighted by Crippen LogP contribution is -2.26. The quantitative estimate of drug-likeness (QED) is 0.550. The van der Waals surface area contributed by atoms with Crippen LogP contribution in [0.15, 0.2) is 59.7 Å². The summed E-state index contributed by atoms with van der Waals surface area (Å²) in [5, 5.41) is 7.30. The Labute approximate surface area is 168 Å². The van der Waals surface area contributed by atoms with Crippen LogP contribution in [0, 0.1) is 5.92 Å². The molecule has 4 aromatic rings. The van der Waals surface area contributed by atoms with E-state index in [0.717, 1.165) is 16.6 Å². The number of benzene rings is 1. The van der Waals surface area contributed by atoms with Crippen molar-refractivity contribution in [3.05, 3.63) is 76.5 Å². The zero-order valence-electron chi connectivity index (χ0n) is 16.5. The molecule has 0 aliphatic rings. The third-order valence-electron chi connectivity index (χ3n) is 4.78. The van der Waals surface area contributed by atoms with Gasteiger partial charge in [-0.15, -0.1) is 0 Å². The van der Waals surface area contributed by atoms with Gasteiger partial charge in [0.15, 0.2) is 5.69 Å². The highest BCUT2D eigenvalue weighted by molar-refractivity contribution is 5.94. The number of carbonyl (C=O) groups is 1. The van der Waals surface area contributed by atoms with Gasteiger partial charge in [0.05, 0.1) is 11.0 Å². The first-order valence-electron chi connectivity index (χ1n) is 9.73. The lowest BCUT2D eigenvalue weighted by molar-refractivity contribution is 0.0949. The SMILES string of the molecule is CC(C)Cn1c(=O)c2cc(C(=O)NCCc3cccnc3)nn2c2ccccc21. The Morgan fingerprint density at radius 2 is 1.90 bits per heavy atom. The Bertz CT molecular complexity index is 1220. The molecular weight excluding hydrogens is 366 g/mol. The minimum atomic E-state index is -0.295. The molecule has 1 aromatic carbocycles. The molecule has 29 heavy (non-hydrogen) atoms. The zero-order chi connectivity index (χ0) is 20.4. The molecule has 0 unspecified atom stereocenters. The average molecular weight is 389 g/mol. The first-order chi connectivity index (χ1) is 14.0. The van der Waals surface area contributed by atoms with Gasteiger partial charge < -0.3 is 9.88 Å². The third-order valence-corrected chi connectivity index (χ3v) is 4.78. The van der Waals surface area contributed by atoms with Crippen LogP contribution in [0.5, 0.6) is 0 Å². The van der Waals surface area contributed by atoms with Crippen molar-refractivity contribution < 1.29 is 4.79 Å². The van der Waals surface area contributed by atoms with Gasteiger partial charge in [0, 0.05) is 31.5 Å². The molecule has 0 radical (unpaired) electrons. The summed E-state index contributed by atoms with van der Waals surface area (Å²) in [6.45, 7) is 5.22. The highest BCUT2D eigenvalue weighted by atomic mass is 16.2. The van der Waals surface area contributed by atoms with Gasteiger partial charge in [-0.05, 0) is 36.1 Å². The second kappa shape index (κ2) is 7.87. The van der Waals surface area contributed by atoms with Crippen molar-refractivity contribution in [2.75, 3.05) is 6.54 Å². The molecule has 0 fully saturated rings. The van der Waals surface area contributed by atoms with Gasteiger partial charge >= 0.3 is 0 Å². The van der Waals surface area contributed by atoms with Crippen molar-refractivity contribution in [1.82, 2.24) is 24.5 Å². The van der Waals surface area contributed by atoms with Crippen molar-refractivity contribution in [3.63, 3.8) is 0 Å². The van der Waals surface area contributed by atoms with Crippen LogP contribution in [0.2, 0.25) is 0 Å². The monoisotopic (exact) mass is 389 g/mol. The summed E-state index contributed by atoms with van der Waals surface area (Å²) in [5.74, 6) is 0.0215. The number of aromatic nitrogens is 4. The predicted molar refractivity (Wildman–Crippen MR) is 112 cm³/mol. The Morgan fingerprint density at radius 1 is 1.10 bits per heavy atom. The van der Waals surface area contributed by atoms with Crippen molar-refractivity contribution in [2.45, 2.75) is 26.8 Å². The number of pyridine rings is 1. The van der Waals surface area contributed by atoms with E-state index in [1.54, 1.807) is 27.5 Å². The number of fused-ring (bicyclic) bond motifs is 3. The van der Waals surface area contributed by atoms with Gasteiger partial charge in [0.25, 0.3) is 11.5 Å². The molecule has 1 amide bonds. The highest BCUT2D eigenvalue weighted by Gasteiger charge is 2.17. The van der Waals surface area contributed by atoms with Gasteiger partial charge in [-0.3, -0.25) is 14.6 Å². The molecule has 3 aromatic heterocycles. The summed E-state index contributed by atoms with van der Waals surface area (Å²) in [6, 6.07) is 13.0. The Hall–Kier alpha value is -3.48. The topological polar surface area (TPSA) is 81.3 Å². The predicted octanol–water partition coefficient (Wildman–Crippen LogP) is 2.67. The first-order valence-corrected chi connectivity index (χ1v) is 9.73. The number of nitrogens with zero attached hydrogens (tertiary/aromatic N) is 4. The molecule has 1 N–H and O–H groups in total. The highest BCUT2D eigenvalue weighted by Crippen LogP contribution is 2.16. The van der Waals surface area contributed by atoms with E-state index in [4.69, 9.17) is 0 Å². The summed E-state index contributed by atoms with van der Waals surface area (Å²) >= 11 is 0. The van der Waals surface area contributed by atoms with Crippen LogP contribution >= 0.6 is 0 Å². The summed E-state index contributed by atoms with van der Waals surface area (Å²) in [5.41, 5.74) is 3.16. The van der Waals surface area contributed by atoms with E-state index < -0.39 is 0 Å². The van der Waals surface area contributed by atoms with Crippen LogP contribution in [-0.2, 0) is 13.0 Å². The Kier molecular flexibility index (Phi) is 5.12. The van der Waals surface area contributed by atoms with Crippen molar-refractivity contribution in [3.8, 4) is 0 Å². The second-order valence-electron chi connectivity index (χ2n) is 7.49. The fraction of sp³-hybridized carbons (Fsp3) is 0.273. The molecule has 0 spiro atoms. The number of hydrogen-bond acceptors (Lipinski definition) is 4. The van der Waals surface area contributed by atoms with Crippen LogP contribution in [0.25, 0.3) is 16.6 Å². The van der Waals surface area contributed by atoms with Crippen LogP contribution in [-0.4, -0.2) is 31.6 Å². The number of nitrogens with one attached hydrogen (secondary N) is 1. The molecule has 3 heterocycles. The number of para-hydroxylation sites is 2. The molecule has 0 bridgehead atoms. The normalized spacial score (nSPS) is 11.4. The number of amides is 1. The summed E-state index contributed by atoms with van der Waals surface area (Å²) in [6.07, 6.45) is 4.17. The Morgan fingerprint density at radius 3 is 2.62 bits per heavy atom.